The summed E-state index contributed by atoms with van der Waals surface area (Å²) in [5.41, 5.74) is 2.72. The van der Waals surface area contributed by atoms with Crippen molar-refractivity contribution in [3.63, 3.8) is 0 Å². The fraction of sp³-hybridized carbons (Fsp3) is 0.200. The molecule has 2 aromatic carbocycles. The maximum Gasteiger partial charge on any atom is 0.270 e. The van der Waals surface area contributed by atoms with Gasteiger partial charge >= 0.3 is 0 Å². The number of nitrogens with one attached hydrogen (secondary N) is 1. The largest absolute Gasteiger partial charge is 0.347 e. The molecule has 0 spiro atoms. The van der Waals surface area contributed by atoms with Crippen LogP contribution in [0, 0.1) is 5.82 Å². The maximum absolute atomic E-state index is 13.7. The molecule has 1 saturated carbocycles. The van der Waals surface area contributed by atoms with E-state index in [4.69, 9.17) is 0 Å². The summed E-state index contributed by atoms with van der Waals surface area (Å²) in [5.74, 6) is -0.132. The first kappa shape index (κ1) is 15.6. The van der Waals surface area contributed by atoms with Gasteiger partial charge in [0.1, 0.15) is 11.5 Å². The van der Waals surface area contributed by atoms with Crippen LogP contribution in [0.3, 0.4) is 0 Å². The molecule has 25 heavy (non-hydrogen) atoms. The van der Waals surface area contributed by atoms with Crippen molar-refractivity contribution in [3.8, 4) is 5.69 Å². The van der Waals surface area contributed by atoms with E-state index in [0.717, 1.165) is 24.2 Å². The van der Waals surface area contributed by atoms with E-state index in [1.54, 1.807) is 22.9 Å². The van der Waals surface area contributed by atoms with E-state index in [0.29, 0.717) is 17.2 Å². The van der Waals surface area contributed by atoms with E-state index < -0.39 is 0 Å². The van der Waals surface area contributed by atoms with Gasteiger partial charge in [-0.3, -0.25) is 4.79 Å². The number of rotatable bonds is 5. The van der Waals surface area contributed by atoms with Crippen LogP contribution in [0.5, 0.6) is 0 Å². The lowest BCUT2D eigenvalue weighted by Gasteiger charge is -2.09. The second-order valence-corrected chi connectivity index (χ2v) is 6.25. The minimum Gasteiger partial charge on any atom is -0.347 e. The number of halogens is 1. The zero-order valence-electron chi connectivity index (χ0n) is 13.7. The van der Waals surface area contributed by atoms with Gasteiger partial charge in [0.25, 0.3) is 5.91 Å². The molecule has 0 saturated heterocycles. The third kappa shape index (κ3) is 3.31. The minimum absolute atomic E-state index is 0.143. The lowest BCUT2D eigenvalue weighted by atomic mass is 10.2. The first-order valence-electron chi connectivity index (χ1n) is 8.39. The van der Waals surface area contributed by atoms with Gasteiger partial charge in [0.15, 0.2) is 0 Å². The molecule has 4 rings (SSSR count). The van der Waals surface area contributed by atoms with Crippen LogP contribution in [-0.4, -0.2) is 15.7 Å². The Bertz CT molecular complexity index is 900. The van der Waals surface area contributed by atoms with Crippen LogP contribution in [0.25, 0.3) is 5.69 Å². The summed E-state index contributed by atoms with van der Waals surface area (Å²) < 4.78 is 15.4. The molecule has 5 heteroatoms. The number of hydrogen-bond donors (Lipinski definition) is 1. The van der Waals surface area contributed by atoms with Crippen molar-refractivity contribution in [2.24, 2.45) is 0 Å². The lowest BCUT2D eigenvalue weighted by molar-refractivity contribution is 0.0943. The predicted octanol–water partition coefficient (Wildman–Crippen LogP) is 3.82. The van der Waals surface area contributed by atoms with Crippen molar-refractivity contribution < 1.29 is 9.18 Å². The molecule has 1 aliphatic carbocycles. The molecule has 126 valence electrons. The summed E-state index contributed by atoms with van der Waals surface area (Å²) in [6.45, 7) is 0.143. The highest BCUT2D eigenvalue weighted by molar-refractivity contribution is 5.93. The molecule has 0 bridgehead atoms. The number of hydrogen-bond acceptors (Lipinski definition) is 2. The Labute approximate surface area is 145 Å². The molecule has 1 N–H and O–H groups in total. The van der Waals surface area contributed by atoms with Crippen molar-refractivity contribution in [1.29, 1.82) is 0 Å². The second kappa shape index (κ2) is 6.51. The Morgan fingerprint density at radius 2 is 1.84 bits per heavy atom. The number of aromatic nitrogens is 2. The first-order chi connectivity index (χ1) is 12.2. The Balaban J connectivity index is 1.60. The molecular weight excluding hydrogens is 317 g/mol. The monoisotopic (exact) mass is 335 g/mol. The lowest BCUT2D eigenvalue weighted by Crippen LogP contribution is -2.25. The van der Waals surface area contributed by atoms with Crippen LogP contribution in [0.15, 0.2) is 60.7 Å². The standard InChI is InChI=1S/C20H18FN3O/c21-17-9-5-4-6-15(17)13-22-20(25)19-12-18(14-10-11-14)23-24(19)16-7-2-1-3-8-16/h1-9,12,14H,10-11,13H2,(H,22,25). The average molecular weight is 335 g/mol. The van der Waals surface area contributed by atoms with Gasteiger partial charge in [-0.2, -0.15) is 5.10 Å². The fourth-order valence-corrected chi connectivity index (χ4v) is 2.81. The Kier molecular flexibility index (Phi) is 4.06. The van der Waals surface area contributed by atoms with E-state index in [1.807, 2.05) is 36.4 Å². The first-order valence-corrected chi connectivity index (χ1v) is 8.39. The number of benzene rings is 2. The number of para-hydroxylation sites is 1. The van der Waals surface area contributed by atoms with E-state index in [2.05, 4.69) is 10.4 Å². The summed E-state index contributed by atoms with van der Waals surface area (Å²) in [4.78, 5) is 12.7. The Morgan fingerprint density at radius 1 is 1.12 bits per heavy atom. The third-order valence-corrected chi connectivity index (χ3v) is 4.35. The molecule has 0 unspecified atom stereocenters. The van der Waals surface area contributed by atoms with Crippen molar-refractivity contribution in [2.75, 3.05) is 0 Å². The number of carbonyl (C=O) groups is 1. The zero-order chi connectivity index (χ0) is 17.2. The van der Waals surface area contributed by atoms with Gasteiger partial charge in [0.2, 0.25) is 0 Å². The predicted molar refractivity (Wildman–Crippen MR) is 93.1 cm³/mol. The average Bonchev–Trinajstić information content (AvgIpc) is 3.40. The molecule has 0 aliphatic heterocycles. The number of carbonyl (C=O) groups excluding carboxylic acids is 1. The number of amides is 1. The van der Waals surface area contributed by atoms with Crippen LogP contribution in [0.2, 0.25) is 0 Å². The van der Waals surface area contributed by atoms with Crippen molar-refractivity contribution in [1.82, 2.24) is 15.1 Å². The molecule has 1 heterocycles. The van der Waals surface area contributed by atoms with Crippen LogP contribution >= 0.6 is 0 Å². The highest BCUT2D eigenvalue weighted by Crippen LogP contribution is 2.39. The van der Waals surface area contributed by atoms with Gasteiger partial charge in [0, 0.05) is 18.0 Å². The molecular formula is C20H18FN3O. The molecule has 1 amide bonds. The summed E-state index contributed by atoms with van der Waals surface area (Å²) >= 11 is 0. The quantitative estimate of drug-likeness (QED) is 0.770. The maximum atomic E-state index is 13.7. The summed E-state index contributed by atoms with van der Waals surface area (Å²) in [7, 11) is 0. The molecule has 1 aromatic heterocycles. The molecule has 0 atom stereocenters. The van der Waals surface area contributed by atoms with Crippen LogP contribution < -0.4 is 5.32 Å². The van der Waals surface area contributed by atoms with Crippen molar-refractivity contribution in [2.45, 2.75) is 25.3 Å². The number of nitrogens with zero attached hydrogens (tertiary/aromatic N) is 2. The smallest absolute Gasteiger partial charge is 0.270 e. The summed E-state index contributed by atoms with van der Waals surface area (Å²) in [5, 5.41) is 7.42. The van der Waals surface area contributed by atoms with Gasteiger partial charge in [-0.25, -0.2) is 9.07 Å². The van der Waals surface area contributed by atoms with E-state index in [9.17, 15) is 9.18 Å². The zero-order valence-corrected chi connectivity index (χ0v) is 13.7. The topological polar surface area (TPSA) is 46.9 Å². The molecule has 3 aromatic rings. The van der Waals surface area contributed by atoms with Gasteiger partial charge in [-0.05, 0) is 37.1 Å². The van der Waals surface area contributed by atoms with Crippen LogP contribution in [-0.2, 0) is 6.54 Å². The minimum atomic E-state index is -0.321. The van der Waals surface area contributed by atoms with Gasteiger partial charge in [-0.1, -0.05) is 36.4 Å². The Hall–Kier alpha value is -2.95. The molecule has 1 fully saturated rings. The summed E-state index contributed by atoms with van der Waals surface area (Å²) in [6.07, 6.45) is 2.23. The van der Waals surface area contributed by atoms with Gasteiger partial charge in [-0.15, -0.1) is 0 Å². The SMILES string of the molecule is O=C(NCc1ccccc1F)c1cc(C2CC2)nn1-c1ccccc1. The van der Waals surface area contributed by atoms with E-state index in [-0.39, 0.29) is 18.3 Å². The summed E-state index contributed by atoms with van der Waals surface area (Å²) in [6, 6.07) is 17.9. The van der Waals surface area contributed by atoms with Crippen molar-refractivity contribution >= 4 is 5.91 Å². The van der Waals surface area contributed by atoms with Crippen molar-refractivity contribution in [3.05, 3.63) is 83.4 Å². The van der Waals surface area contributed by atoms with Crippen LogP contribution in [0.1, 0.15) is 40.5 Å². The molecule has 4 nitrogen and oxygen atoms in total. The van der Waals surface area contributed by atoms with E-state index >= 15 is 0 Å². The third-order valence-electron chi connectivity index (χ3n) is 4.35. The van der Waals surface area contributed by atoms with Gasteiger partial charge < -0.3 is 5.32 Å². The van der Waals surface area contributed by atoms with E-state index in [1.165, 1.54) is 6.07 Å². The van der Waals surface area contributed by atoms with Gasteiger partial charge in [0.05, 0.1) is 11.4 Å². The second-order valence-electron chi connectivity index (χ2n) is 6.25. The van der Waals surface area contributed by atoms with Crippen LogP contribution in [0.4, 0.5) is 4.39 Å². The Morgan fingerprint density at radius 3 is 2.56 bits per heavy atom. The molecule has 0 radical (unpaired) electrons. The fourth-order valence-electron chi connectivity index (χ4n) is 2.81. The highest BCUT2D eigenvalue weighted by Gasteiger charge is 2.29. The normalized spacial score (nSPS) is 13.6. The highest BCUT2D eigenvalue weighted by atomic mass is 19.1. The molecule has 1 aliphatic rings.